The van der Waals surface area contributed by atoms with Gasteiger partial charge >= 0.3 is 0 Å². The minimum Gasteiger partial charge on any atom is -0.312 e. The van der Waals surface area contributed by atoms with Crippen molar-refractivity contribution in [2.24, 2.45) is 0 Å². The molecule has 1 N–H and O–H groups in total. The molecule has 0 aliphatic rings. The van der Waals surface area contributed by atoms with Gasteiger partial charge in [-0.1, -0.05) is 17.7 Å². The van der Waals surface area contributed by atoms with E-state index in [0.717, 1.165) is 25.8 Å². The fourth-order valence-electron chi connectivity index (χ4n) is 1.10. The van der Waals surface area contributed by atoms with Crippen LogP contribution in [0.2, 0.25) is 0 Å². The minimum absolute atomic E-state index is 0.242. The third kappa shape index (κ3) is 11.4. The van der Waals surface area contributed by atoms with Crippen molar-refractivity contribution in [1.29, 1.82) is 0 Å². The lowest BCUT2D eigenvalue weighted by atomic mass is 10.1. The molecule has 0 spiro atoms. The van der Waals surface area contributed by atoms with Crippen LogP contribution in [-0.4, -0.2) is 12.1 Å². The standard InChI is InChI=1S/C13H25N/c1-12(2)10-8-6-7-9-11-14-13(3,4)5/h6-7,14H,1,8-11H2,2-5H3/b7-6+. The third-order valence-corrected chi connectivity index (χ3v) is 1.87. The van der Waals surface area contributed by atoms with Crippen molar-refractivity contribution in [2.45, 2.75) is 52.5 Å². The highest BCUT2D eigenvalue weighted by molar-refractivity contribution is 4.92. The van der Waals surface area contributed by atoms with Crippen molar-refractivity contribution >= 4 is 0 Å². The monoisotopic (exact) mass is 195 g/mol. The molecule has 14 heavy (non-hydrogen) atoms. The minimum atomic E-state index is 0.242. The summed E-state index contributed by atoms with van der Waals surface area (Å²) in [4.78, 5) is 0. The molecule has 0 saturated carbocycles. The summed E-state index contributed by atoms with van der Waals surface area (Å²) in [6.07, 6.45) is 7.86. The van der Waals surface area contributed by atoms with Gasteiger partial charge in [-0.15, -0.1) is 6.58 Å². The van der Waals surface area contributed by atoms with E-state index in [0.29, 0.717) is 0 Å². The number of rotatable bonds is 6. The van der Waals surface area contributed by atoms with E-state index in [1.807, 2.05) is 0 Å². The van der Waals surface area contributed by atoms with E-state index in [2.05, 4.69) is 51.7 Å². The predicted molar refractivity (Wildman–Crippen MR) is 65.6 cm³/mol. The van der Waals surface area contributed by atoms with Gasteiger partial charge in [0.15, 0.2) is 0 Å². The molecule has 1 heteroatoms. The second kappa shape index (κ2) is 6.83. The zero-order valence-electron chi connectivity index (χ0n) is 10.2. The third-order valence-electron chi connectivity index (χ3n) is 1.87. The smallest absolute Gasteiger partial charge is 0.00966 e. The van der Waals surface area contributed by atoms with Crippen LogP contribution in [0.1, 0.15) is 47.0 Å². The van der Waals surface area contributed by atoms with Gasteiger partial charge in [-0.2, -0.15) is 0 Å². The Morgan fingerprint density at radius 1 is 1.21 bits per heavy atom. The topological polar surface area (TPSA) is 12.0 Å². The van der Waals surface area contributed by atoms with E-state index in [1.165, 1.54) is 5.57 Å². The molecule has 0 aromatic heterocycles. The number of nitrogens with one attached hydrogen (secondary N) is 1. The lowest BCUT2D eigenvalue weighted by Gasteiger charge is -2.19. The summed E-state index contributed by atoms with van der Waals surface area (Å²) in [5.74, 6) is 0. The molecule has 0 saturated heterocycles. The van der Waals surface area contributed by atoms with Crippen LogP contribution in [-0.2, 0) is 0 Å². The first kappa shape index (κ1) is 13.4. The molecular formula is C13H25N. The maximum atomic E-state index is 3.88. The van der Waals surface area contributed by atoms with Crippen molar-refractivity contribution in [3.63, 3.8) is 0 Å². The Hall–Kier alpha value is -0.560. The summed E-state index contributed by atoms with van der Waals surface area (Å²) >= 11 is 0. The van der Waals surface area contributed by atoms with Crippen LogP contribution in [0.25, 0.3) is 0 Å². The second-order valence-electron chi connectivity index (χ2n) is 4.93. The fourth-order valence-corrected chi connectivity index (χ4v) is 1.10. The molecule has 0 radical (unpaired) electrons. The van der Waals surface area contributed by atoms with E-state index < -0.39 is 0 Å². The average Bonchev–Trinajstić information content (AvgIpc) is 2.00. The Kier molecular flexibility index (Phi) is 6.56. The maximum absolute atomic E-state index is 3.88. The van der Waals surface area contributed by atoms with Gasteiger partial charge in [0.25, 0.3) is 0 Å². The average molecular weight is 195 g/mol. The van der Waals surface area contributed by atoms with Crippen LogP contribution in [0.3, 0.4) is 0 Å². The number of hydrogen-bond donors (Lipinski definition) is 1. The number of allylic oxidation sites excluding steroid dienone is 2. The van der Waals surface area contributed by atoms with Crippen molar-refractivity contribution in [2.75, 3.05) is 6.54 Å². The Morgan fingerprint density at radius 3 is 2.29 bits per heavy atom. The highest BCUT2D eigenvalue weighted by atomic mass is 14.9. The molecule has 0 aromatic carbocycles. The molecule has 0 atom stereocenters. The molecule has 0 aromatic rings. The first-order chi connectivity index (χ1) is 6.42. The van der Waals surface area contributed by atoms with Crippen molar-refractivity contribution in [1.82, 2.24) is 5.32 Å². The van der Waals surface area contributed by atoms with Crippen LogP contribution in [0.4, 0.5) is 0 Å². The van der Waals surface area contributed by atoms with E-state index in [1.54, 1.807) is 0 Å². The summed E-state index contributed by atoms with van der Waals surface area (Å²) in [6.45, 7) is 13.6. The first-order valence-electron chi connectivity index (χ1n) is 5.46. The first-order valence-corrected chi connectivity index (χ1v) is 5.46. The van der Waals surface area contributed by atoms with Gasteiger partial charge in [0.05, 0.1) is 0 Å². The normalized spacial score (nSPS) is 12.3. The predicted octanol–water partition coefficient (Wildman–Crippen LogP) is 3.68. The van der Waals surface area contributed by atoms with Gasteiger partial charge in [-0.05, 0) is 53.5 Å². The zero-order valence-corrected chi connectivity index (χ0v) is 10.2. The van der Waals surface area contributed by atoms with E-state index in [4.69, 9.17) is 0 Å². The maximum Gasteiger partial charge on any atom is 0.00966 e. The van der Waals surface area contributed by atoms with Crippen molar-refractivity contribution in [3.8, 4) is 0 Å². The summed E-state index contributed by atoms with van der Waals surface area (Å²) in [5, 5.41) is 3.45. The molecule has 1 nitrogen and oxygen atoms in total. The van der Waals surface area contributed by atoms with Crippen LogP contribution in [0.15, 0.2) is 24.3 Å². The van der Waals surface area contributed by atoms with Gasteiger partial charge in [0, 0.05) is 5.54 Å². The van der Waals surface area contributed by atoms with Crippen molar-refractivity contribution < 1.29 is 0 Å². The number of hydrogen-bond acceptors (Lipinski definition) is 1. The van der Waals surface area contributed by atoms with Crippen molar-refractivity contribution in [3.05, 3.63) is 24.3 Å². The fraction of sp³-hybridized carbons (Fsp3) is 0.692. The van der Waals surface area contributed by atoms with Gasteiger partial charge in [-0.3, -0.25) is 0 Å². The van der Waals surface area contributed by atoms with Gasteiger partial charge in [0.2, 0.25) is 0 Å². The van der Waals surface area contributed by atoms with Gasteiger partial charge in [-0.25, -0.2) is 0 Å². The highest BCUT2D eigenvalue weighted by Gasteiger charge is 2.05. The molecule has 0 bridgehead atoms. The highest BCUT2D eigenvalue weighted by Crippen LogP contribution is 2.02. The Morgan fingerprint density at radius 2 is 1.79 bits per heavy atom. The zero-order chi connectivity index (χ0) is 11.0. The molecule has 0 rings (SSSR count). The quantitative estimate of drug-likeness (QED) is 0.503. The molecule has 0 aliphatic heterocycles. The molecule has 0 aliphatic carbocycles. The lowest BCUT2D eigenvalue weighted by molar-refractivity contribution is 0.431. The van der Waals surface area contributed by atoms with Crippen LogP contribution in [0, 0.1) is 0 Å². The molecule has 0 unspecified atom stereocenters. The van der Waals surface area contributed by atoms with E-state index in [-0.39, 0.29) is 5.54 Å². The summed E-state index contributed by atoms with van der Waals surface area (Å²) < 4.78 is 0. The molecule has 82 valence electrons. The Bertz CT molecular complexity index is 184. The molecule has 0 heterocycles. The largest absolute Gasteiger partial charge is 0.312 e. The van der Waals surface area contributed by atoms with Crippen LogP contribution < -0.4 is 5.32 Å². The summed E-state index contributed by atoms with van der Waals surface area (Å²) in [7, 11) is 0. The van der Waals surface area contributed by atoms with Gasteiger partial charge in [0.1, 0.15) is 0 Å². The lowest BCUT2D eigenvalue weighted by Crippen LogP contribution is -2.36. The SMILES string of the molecule is C=C(C)CC/C=C/CCNC(C)(C)C. The molecule has 0 fully saturated rings. The van der Waals surface area contributed by atoms with E-state index >= 15 is 0 Å². The van der Waals surface area contributed by atoms with Crippen LogP contribution >= 0.6 is 0 Å². The molecule has 0 amide bonds. The Labute approximate surface area is 89.3 Å². The Balaban J connectivity index is 3.32. The second-order valence-corrected chi connectivity index (χ2v) is 4.93. The van der Waals surface area contributed by atoms with E-state index in [9.17, 15) is 0 Å². The van der Waals surface area contributed by atoms with Crippen LogP contribution in [0.5, 0.6) is 0 Å². The van der Waals surface area contributed by atoms with Gasteiger partial charge < -0.3 is 5.32 Å². The molecular weight excluding hydrogens is 170 g/mol. The summed E-state index contributed by atoms with van der Waals surface area (Å²) in [6, 6.07) is 0. The summed E-state index contributed by atoms with van der Waals surface area (Å²) in [5.41, 5.74) is 1.51.